The van der Waals surface area contributed by atoms with Gasteiger partial charge in [0.1, 0.15) is 16.8 Å². The number of halogens is 1. The molecule has 2 fully saturated rings. The Labute approximate surface area is 275 Å². The van der Waals surface area contributed by atoms with Gasteiger partial charge in [-0.15, -0.1) is 10.2 Å². The third-order valence-electron chi connectivity index (χ3n) is 7.55. The van der Waals surface area contributed by atoms with E-state index in [1.54, 1.807) is 9.03 Å². The lowest BCUT2D eigenvalue weighted by Gasteiger charge is -2.28. The van der Waals surface area contributed by atoms with Crippen molar-refractivity contribution >= 4 is 34.8 Å². The molecule has 0 bridgehead atoms. The van der Waals surface area contributed by atoms with Crippen molar-refractivity contribution in [3.8, 4) is 22.8 Å². The Balaban J connectivity index is 0.000000156. The number of rotatable bonds is 5. The summed E-state index contributed by atoms with van der Waals surface area (Å²) in [5.74, 6) is 12.3. The molecule has 6 heterocycles. The second-order valence-electron chi connectivity index (χ2n) is 10.5. The SMILES string of the molecule is Clc1cc(N2CCOCC2)n2nc(-c3ccccc3)nc2n1.NCc1cc(N2CCOCC2)n2nc(-c3ccccc3)nc2n1.NN. The van der Waals surface area contributed by atoms with E-state index in [2.05, 4.69) is 51.6 Å². The Bertz CT molecular complexity index is 1890. The normalized spacial score (nSPS) is 14.8. The number of ether oxygens (including phenoxy) is 2. The number of anilines is 2. The summed E-state index contributed by atoms with van der Waals surface area (Å²) < 4.78 is 14.4. The quantitative estimate of drug-likeness (QED) is 0.139. The first-order valence-corrected chi connectivity index (χ1v) is 15.5. The molecule has 4 aromatic heterocycles. The zero-order chi connectivity index (χ0) is 32.6. The molecule has 2 aromatic carbocycles. The van der Waals surface area contributed by atoms with Crippen LogP contribution >= 0.6 is 11.6 Å². The Kier molecular flexibility index (Phi) is 10.4. The van der Waals surface area contributed by atoms with Gasteiger partial charge in [-0.1, -0.05) is 72.3 Å². The molecule has 2 saturated heterocycles. The largest absolute Gasteiger partial charge is 0.378 e. The number of fused-ring (bicyclic) bond motifs is 2. The molecule has 0 saturated carbocycles. The van der Waals surface area contributed by atoms with Gasteiger partial charge >= 0.3 is 0 Å². The van der Waals surface area contributed by atoms with Crippen LogP contribution in [0, 0.1) is 0 Å². The first-order chi connectivity index (χ1) is 23.2. The van der Waals surface area contributed by atoms with E-state index in [0.29, 0.717) is 61.3 Å². The molecule has 0 radical (unpaired) electrons. The van der Waals surface area contributed by atoms with E-state index in [-0.39, 0.29) is 0 Å². The van der Waals surface area contributed by atoms with Gasteiger partial charge in [-0.2, -0.15) is 24.0 Å². The Morgan fingerprint density at radius 2 is 1.06 bits per heavy atom. The van der Waals surface area contributed by atoms with Crippen molar-refractivity contribution in [1.82, 2.24) is 39.2 Å². The van der Waals surface area contributed by atoms with Crippen LogP contribution in [-0.4, -0.2) is 91.8 Å². The predicted octanol–water partition coefficient (Wildman–Crippen LogP) is 2.19. The molecular formula is C31H36ClN13O2. The second kappa shape index (κ2) is 15.2. The molecule has 0 spiro atoms. The van der Waals surface area contributed by atoms with Crippen LogP contribution in [0.4, 0.5) is 11.6 Å². The number of hydrogen-bond acceptors (Lipinski definition) is 13. The second-order valence-corrected chi connectivity index (χ2v) is 10.9. The van der Waals surface area contributed by atoms with E-state index < -0.39 is 0 Å². The highest BCUT2D eigenvalue weighted by atomic mass is 35.5. The van der Waals surface area contributed by atoms with Gasteiger partial charge in [0, 0.05) is 56.0 Å². The van der Waals surface area contributed by atoms with E-state index in [0.717, 1.165) is 54.6 Å². The summed E-state index contributed by atoms with van der Waals surface area (Å²) in [5, 5.41) is 9.67. The molecule has 0 amide bonds. The molecule has 47 heavy (non-hydrogen) atoms. The zero-order valence-electron chi connectivity index (χ0n) is 25.7. The van der Waals surface area contributed by atoms with E-state index in [4.69, 9.17) is 26.8 Å². The van der Waals surface area contributed by atoms with Gasteiger partial charge in [0.05, 0.1) is 32.1 Å². The molecule has 244 valence electrons. The molecular weight excluding hydrogens is 622 g/mol. The summed E-state index contributed by atoms with van der Waals surface area (Å²) in [4.78, 5) is 22.3. The van der Waals surface area contributed by atoms with Crippen LogP contribution in [0.2, 0.25) is 5.15 Å². The summed E-state index contributed by atoms with van der Waals surface area (Å²) in [6.07, 6.45) is 0. The van der Waals surface area contributed by atoms with E-state index >= 15 is 0 Å². The van der Waals surface area contributed by atoms with Crippen LogP contribution in [-0.2, 0) is 16.0 Å². The topological polar surface area (TPSA) is 189 Å². The van der Waals surface area contributed by atoms with Gasteiger partial charge in [-0.3, -0.25) is 11.7 Å². The van der Waals surface area contributed by atoms with E-state index in [9.17, 15) is 0 Å². The Morgan fingerprint density at radius 3 is 1.53 bits per heavy atom. The number of benzene rings is 2. The maximum atomic E-state index is 6.15. The zero-order valence-corrected chi connectivity index (χ0v) is 26.4. The molecule has 8 rings (SSSR count). The Morgan fingerprint density at radius 1 is 0.617 bits per heavy atom. The Hall–Kier alpha value is -4.77. The fourth-order valence-corrected chi connectivity index (χ4v) is 5.46. The molecule has 6 N–H and O–H groups in total. The van der Waals surface area contributed by atoms with Crippen molar-refractivity contribution in [3.63, 3.8) is 0 Å². The number of nitrogens with zero attached hydrogens (tertiary/aromatic N) is 10. The van der Waals surface area contributed by atoms with Gasteiger partial charge < -0.3 is 25.0 Å². The smallest absolute Gasteiger partial charge is 0.256 e. The van der Waals surface area contributed by atoms with Crippen LogP contribution in [0.15, 0.2) is 72.8 Å². The summed E-state index contributed by atoms with van der Waals surface area (Å²) in [6, 6.07) is 23.6. The van der Waals surface area contributed by atoms with Crippen LogP contribution in [0.5, 0.6) is 0 Å². The summed E-state index contributed by atoms with van der Waals surface area (Å²) in [7, 11) is 0. The van der Waals surface area contributed by atoms with E-state index in [1.807, 2.05) is 72.8 Å². The highest BCUT2D eigenvalue weighted by Gasteiger charge is 2.20. The summed E-state index contributed by atoms with van der Waals surface area (Å²) in [5.41, 5.74) is 8.53. The number of morpholine rings is 2. The number of hydrogen-bond donors (Lipinski definition) is 3. The standard InChI is InChI=1S/C16H18N6O.C15H14ClN5O.H4N2/c17-11-13-10-14(21-6-8-23-9-7-21)22-16(18-13)19-15(20-22)12-4-2-1-3-5-12;16-12-10-13(20-6-8-22-9-7-20)21-15(17-12)18-14(19-21)11-4-2-1-3-5-11;1-2/h1-5,10H,6-9,11,17H2;1-5,10H,6-9H2;1-2H2. The van der Waals surface area contributed by atoms with Gasteiger partial charge in [-0.25, -0.2) is 4.98 Å². The minimum absolute atomic E-state index is 0.376. The highest BCUT2D eigenvalue weighted by Crippen LogP contribution is 2.24. The minimum atomic E-state index is 0.376. The van der Waals surface area contributed by atoms with Crippen LogP contribution in [0.3, 0.4) is 0 Å². The molecule has 0 atom stereocenters. The van der Waals surface area contributed by atoms with Gasteiger partial charge in [0.15, 0.2) is 11.6 Å². The maximum absolute atomic E-state index is 6.15. The first-order valence-electron chi connectivity index (χ1n) is 15.2. The molecule has 6 aromatic rings. The molecule has 15 nitrogen and oxygen atoms in total. The first kappa shape index (κ1) is 32.2. The van der Waals surface area contributed by atoms with Gasteiger partial charge in [-0.05, 0) is 0 Å². The fourth-order valence-electron chi connectivity index (χ4n) is 5.29. The van der Waals surface area contributed by atoms with E-state index in [1.165, 1.54) is 0 Å². The van der Waals surface area contributed by atoms with Crippen LogP contribution in [0.1, 0.15) is 5.69 Å². The lowest BCUT2D eigenvalue weighted by atomic mass is 10.2. The lowest BCUT2D eigenvalue weighted by molar-refractivity contribution is 0.122. The molecule has 0 aliphatic carbocycles. The average Bonchev–Trinajstić information content (AvgIpc) is 3.78. The summed E-state index contributed by atoms with van der Waals surface area (Å²) in [6.45, 7) is 6.44. The molecule has 16 heteroatoms. The number of nitrogens with two attached hydrogens (primary N) is 3. The predicted molar refractivity (Wildman–Crippen MR) is 180 cm³/mol. The van der Waals surface area contributed by atoms with Crippen molar-refractivity contribution < 1.29 is 9.47 Å². The monoisotopic (exact) mass is 657 g/mol. The molecule has 2 aliphatic rings. The highest BCUT2D eigenvalue weighted by molar-refractivity contribution is 6.29. The maximum Gasteiger partial charge on any atom is 0.256 e. The van der Waals surface area contributed by atoms with Crippen LogP contribution < -0.4 is 27.2 Å². The minimum Gasteiger partial charge on any atom is -0.378 e. The van der Waals surface area contributed by atoms with Crippen molar-refractivity contribution in [2.75, 3.05) is 62.4 Å². The number of hydrazine groups is 1. The van der Waals surface area contributed by atoms with Gasteiger partial charge in [0.25, 0.3) is 11.6 Å². The summed E-state index contributed by atoms with van der Waals surface area (Å²) >= 11 is 6.15. The van der Waals surface area contributed by atoms with Crippen molar-refractivity contribution in [2.45, 2.75) is 6.54 Å². The average molecular weight is 658 g/mol. The van der Waals surface area contributed by atoms with Crippen molar-refractivity contribution in [3.05, 3.63) is 83.6 Å². The van der Waals surface area contributed by atoms with Crippen molar-refractivity contribution in [1.29, 1.82) is 0 Å². The molecule has 0 unspecified atom stereocenters. The third-order valence-corrected chi connectivity index (χ3v) is 7.75. The van der Waals surface area contributed by atoms with Crippen molar-refractivity contribution in [2.24, 2.45) is 17.4 Å². The van der Waals surface area contributed by atoms with Gasteiger partial charge in [0.2, 0.25) is 0 Å². The number of aromatic nitrogens is 8. The third kappa shape index (κ3) is 7.30. The fraction of sp³-hybridized carbons (Fsp3) is 0.290. The lowest BCUT2D eigenvalue weighted by Crippen LogP contribution is -2.37. The van der Waals surface area contributed by atoms with Crippen LogP contribution in [0.25, 0.3) is 34.3 Å². The molecule has 2 aliphatic heterocycles.